The van der Waals surface area contributed by atoms with Gasteiger partial charge in [0.15, 0.2) is 0 Å². The van der Waals surface area contributed by atoms with E-state index in [4.69, 9.17) is 4.52 Å². The molecule has 0 bridgehead atoms. The minimum absolute atomic E-state index is 0.0541. The maximum absolute atomic E-state index is 12.8. The number of hydrogen-bond acceptors (Lipinski definition) is 5. The summed E-state index contributed by atoms with van der Waals surface area (Å²) in [5.41, 5.74) is 1.79. The lowest BCUT2D eigenvalue weighted by Gasteiger charge is -2.21. The van der Waals surface area contributed by atoms with Gasteiger partial charge in [-0.15, -0.1) is 0 Å². The molecule has 1 aliphatic rings. The second kappa shape index (κ2) is 6.59. The molecule has 3 heterocycles. The number of pyridine rings is 1. The Kier molecular flexibility index (Phi) is 4.51. The first-order chi connectivity index (χ1) is 11.5. The molecule has 1 fully saturated rings. The fourth-order valence-corrected chi connectivity index (χ4v) is 3.00. The quantitative estimate of drug-likeness (QED) is 0.842. The number of aromatic nitrogens is 2. The number of rotatable bonds is 2. The summed E-state index contributed by atoms with van der Waals surface area (Å²) < 4.78 is 5.22. The van der Waals surface area contributed by atoms with Crippen LogP contribution < -0.4 is 0 Å². The molecule has 0 radical (unpaired) electrons. The van der Waals surface area contributed by atoms with Gasteiger partial charge < -0.3 is 14.3 Å². The summed E-state index contributed by atoms with van der Waals surface area (Å²) in [5, 5.41) is 4.83. The molecule has 0 unspecified atom stereocenters. The zero-order valence-corrected chi connectivity index (χ0v) is 14.3. The molecule has 0 aromatic carbocycles. The van der Waals surface area contributed by atoms with Gasteiger partial charge in [-0.2, -0.15) is 0 Å². The van der Waals surface area contributed by atoms with Gasteiger partial charge in [-0.25, -0.2) is 4.98 Å². The molecule has 0 N–H and O–H groups in total. The highest BCUT2D eigenvalue weighted by Gasteiger charge is 2.23. The van der Waals surface area contributed by atoms with E-state index in [9.17, 15) is 9.59 Å². The van der Waals surface area contributed by atoms with Crippen molar-refractivity contribution in [2.24, 2.45) is 0 Å². The smallest absolute Gasteiger partial charge is 0.257 e. The molecule has 128 valence electrons. The summed E-state index contributed by atoms with van der Waals surface area (Å²) in [6.45, 7) is 8.06. The second-order valence-corrected chi connectivity index (χ2v) is 6.45. The lowest BCUT2D eigenvalue weighted by atomic mass is 10.1. The topological polar surface area (TPSA) is 79.5 Å². The number of nitrogens with zero attached hydrogens (tertiary/aromatic N) is 4. The fourth-order valence-electron chi connectivity index (χ4n) is 3.00. The summed E-state index contributed by atoms with van der Waals surface area (Å²) in [7, 11) is 0. The first-order valence-corrected chi connectivity index (χ1v) is 8.27. The molecular formula is C17H22N4O3. The molecule has 0 spiro atoms. The largest absolute Gasteiger partial charge is 0.341 e. The van der Waals surface area contributed by atoms with Crippen LogP contribution in [0.1, 0.15) is 49.2 Å². The highest BCUT2D eigenvalue weighted by Crippen LogP contribution is 2.24. The summed E-state index contributed by atoms with van der Waals surface area (Å²) in [5.74, 6) is 0.185. The van der Waals surface area contributed by atoms with Crippen LogP contribution in [0.15, 0.2) is 16.8 Å². The standard InChI is InChI=1S/C17H22N4O3/c1-11(2)15-14-9-13(10-18-16(14)24-19-15)17(23)21-6-4-5-20(7-8-21)12(3)22/h9-11H,4-8H2,1-3H3. The number of carbonyl (C=O) groups excluding carboxylic acids is 2. The minimum Gasteiger partial charge on any atom is -0.341 e. The van der Waals surface area contributed by atoms with Crippen LogP contribution in [0, 0.1) is 0 Å². The predicted octanol–water partition coefficient (Wildman–Crippen LogP) is 2.04. The molecule has 7 nitrogen and oxygen atoms in total. The minimum atomic E-state index is -0.0642. The zero-order chi connectivity index (χ0) is 17.3. The van der Waals surface area contributed by atoms with Gasteiger partial charge in [-0.1, -0.05) is 19.0 Å². The molecule has 1 aliphatic heterocycles. The normalized spacial score (nSPS) is 15.8. The van der Waals surface area contributed by atoms with Gasteiger partial charge in [-0.05, 0) is 18.4 Å². The van der Waals surface area contributed by atoms with Crippen molar-refractivity contribution in [1.29, 1.82) is 0 Å². The third-order valence-electron chi connectivity index (χ3n) is 4.38. The van der Waals surface area contributed by atoms with Crippen LogP contribution in [0.2, 0.25) is 0 Å². The van der Waals surface area contributed by atoms with E-state index < -0.39 is 0 Å². The van der Waals surface area contributed by atoms with E-state index in [-0.39, 0.29) is 17.7 Å². The summed E-state index contributed by atoms with van der Waals surface area (Å²) >= 11 is 0. The lowest BCUT2D eigenvalue weighted by Crippen LogP contribution is -2.36. The predicted molar refractivity (Wildman–Crippen MR) is 88.7 cm³/mol. The third kappa shape index (κ3) is 3.11. The van der Waals surface area contributed by atoms with Gasteiger partial charge in [0.2, 0.25) is 5.91 Å². The molecule has 2 aromatic rings. The van der Waals surface area contributed by atoms with Crippen LogP contribution in [0.5, 0.6) is 0 Å². The van der Waals surface area contributed by atoms with Crippen molar-refractivity contribution >= 4 is 22.9 Å². The van der Waals surface area contributed by atoms with E-state index in [1.165, 1.54) is 6.20 Å². The van der Waals surface area contributed by atoms with Crippen molar-refractivity contribution in [3.8, 4) is 0 Å². The van der Waals surface area contributed by atoms with E-state index in [0.717, 1.165) is 17.5 Å². The molecule has 2 amide bonds. The molecule has 1 saturated heterocycles. The van der Waals surface area contributed by atoms with Crippen LogP contribution in [0.4, 0.5) is 0 Å². The Morgan fingerprint density at radius 3 is 2.58 bits per heavy atom. The molecule has 0 aliphatic carbocycles. The molecule has 7 heteroatoms. The first-order valence-electron chi connectivity index (χ1n) is 8.27. The average Bonchev–Trinajstić information content (AvgIpc) is 2.81. The fraction of sp³-hybridized carbons (Fsp3) is 0.529. The van der Waals surface area contributed by atoms with E-state index in [1.807, 2.05) is 19.9 Å². The first kappa shape index (κ1) is 16.4. The van der Waals surface area contributed by atoms with Crippen molar-refractivity contribution < 1.29 is 14.1 Å². The second-order valence-electron chi connectivity index (χ2n) is 6.45. The van der Waals surface area contributed by atoms with Crippen LogP contribution in [-0.2, 0) is 4.79 Å². The van der Waals surface area contributed by atoms with Gasteiger partial charge in [0, 0.05) is 39.3 Å². The van der Waals surface area contributed by atoms with E-state index in [0.29, 0.717) is 37.5 Å². The molecule has 0 saturated carbocycles. The Bertz CT molecular complexity index is 768. The Morgan fingerprint density at radius 1 is 1.17 bits per heavy atom. The van der Waals surface area contributed by atoms with E-state index >= 15 is 0 Å². The Hall–Kier alpha value is -2.44. The molecular weight excluding hydrogens is 308 g/mol. The van der Waals surface area contributed by atoms with Gasteiger partial charge in [-0.3, -0.25) is 9.59 Å². The van der Waals surface area contributed by atoms with Gasteiger partial charge >= 0.3 is 0 Å². The van der Waals surface area contributed by atoms with Crippen LogP contribution in [0.3, 0.4) is 0 Å². The van der Waals surface area contributed by atoms with E-state index in [2.05, 4.69) is 10.1 Å². The maximum atomic E-state index is 12.8. The van der Waals surface area contributed by atoms with Crippen molar-refractivity contribution in [1.82, 2.24) is 19.9 Å². The van der Waals surface area contributed by atoms with Crippen LogP contribution in [0.25, 0.3) is 11.1 Å². The molecule has 0 atom stereocenters. The summed E-state index contributed by atoms with van der Waals surface area (Å²) in [4.78, 5) is 32.1. The lowest BCUT2D eigenvalue weighted by molar-refractivity contribution is -0.128. The summed E-state index contributed by atoms with van der Waals surface area (Å²) in [6.07, 6.45) is 2.32. The number of fused-ring (bicyclic) bond motifs is 1. The van der Waals surface area contributed by atoms with Crippen LogP contribution in [-0.4, -0.2) is 57.9 Å². The van der Waals surface area contributed by atoms with Crippen molar-refractivity contribution in [2.75, 3.05) is 26.2 Å². The Morgan fingerprint density at radius 2 is 1.88 bits per heavy atom. The SMILES string of the molecule is CC(=O)N1CCCN(C(=O)c2cnc3onc(C(C)C)c3c2)CC1. The number of hydrogen-bond donors (Lipinski definition) is 0. The zero-order valence-electron chi connectivity index (χ0n) is 14.3. The summed E-state index contributed by atoms with van der Waals surface area (Å²) in [6, 6.07) is 1.81. The molecule has 2 aromatic heterocycles. The monoisotopic (exact) mass is 330 g/mol. The average molecular weight is 330 g/mol. The highest BCUT2D eigenvalue weighted by molar-refractivity contribution is 5.97. The maximum Gasteiger partial charge on any atom is 0.257 e. The van der Waals surface area contributed by atoms with Gasteiger partial charge in [0.25, 0.3) is 11.6 Å². The van der Waals surface area contributed by atoms with Gasteiger partial charge in [0.05, 0.1) is 16.6 Å². The van der Waals surface area contributed by atoms with Crippen molar-refractivity contribution in [2.45, 2.75) is 33.1 Å². The molecule has 24 heavy (non-hydrogen) atoms. The Labute approximate surface area is 140 Å². The van der Waals surface area contributed by atoms with Gasteiger partial charge in [0.1, 0.15) is 0 Å². The van der Waals surface area contributed by atoms with Crippen molar-refractivity contribution in [3.05, 3.63) is 23.5 Å². The Balaban J connectivity index is 1.83. The van der Waals surface area contributed by atoms with E-state index in [1.54, 1.807) is 16.7 Å². The number of amides is 2. The van der Waals surface area contributed by atoms with Crippen molar-refractivity contribution in [3.63, 3.8) is 0 Å². The molecule has 3 rings (SSSR count). The van der Waals surface area contributed by atoms with Crippen LogP contribution >= 0.6 is 0 Å². The highest BCUT2D eigenvalue weighted by atomic mass is 16.5. The number of carbonyl (C=O) groups is 2. The third-order valence-corrected chi connectivity index (χ3v) is 4.38.